The number of ether oxygens (including phenoxy) is 1. The molecule has 0 bridgehead atoms. The third kappa shape index (κ3) is 1.64. The third-order valence-corrected chi connectivity index (χ3v) is 1.61. The molecule has 3 heteroatoms. The van der Waals surface area contributed by atoms with E-state index in [-0.39, 0.29) is 6.10 Å². The van der Waals surface area contributed by atoms with Gasteiger partial charge in [0.05, 0.1) is 6.10 Å². The second kappa shape index (κ2) is 3.09. The van der Waals surface area contributed by atoms with E-state index in [0.29, 0.717) is 6.08 Å². The Hall–Kier alpha value is -1.51. The van der Waals surface area contributed by atoms with E-state index in [0.717, 1.165) is 11.1 Å². The van der Waals surface area contributed by atoms with Crippen molar-refractivity contribution >= 4 is 11.1 Å². The lowest BCUT2D eigenvalue weighted by molar-refractivity contribution is 0.180. The molecular formula is C10H11NO2. The molecular weight excluding hydrogens is 166 g/mol. The molecule has 0 spiro atoms. The highest BCUT2D eigenvalue weighted by atomic mass is 16.6. The fourth-order valence-electron chi connectivity index (χ4n) is 1.10. The van der Waals surface area contributed by atoms with Crippen LogP contribution in [0.1, 0.15) is 13.8 Å². The van der Waals surface area contributed by atoms with Gasteiger partial charge in [0.2, 0.25) is 0 Å². The summed E-state index contributed by atoms with van der Waals surface area (Å²) in [7, 11) is 0. The molecule has 0 aliphatic heterocycles. The highest BCUT2D eigenvalue weighted by molar-refractivity contribution is 5.72. The van der Waals surface area contributed by atoms with Gasteiger partial charge in [0.25, 0.3) is 0 Å². The predicted octanol–water partition coefficient (Wildman–Crippen LogP) is 2.62. The number of fused-ring (bicyclic) bond motifs is 1. The molecule has 0 unspecified atom stereocenters. The van der Waals surface area contributed by atoms with Gasteiger partial charge in [-0.3, -0.25) is 0 Å². The summed E-state index contributed by atoms with van der Waals surface area (Å²) in [5.74, 6) is 0. The monoisotopic (exact) mass is 177 g/mol. The van der Waals surface area contributed by atoms with Crippen LogP contribution >= 0.6 is 0 Å². The van der Waals surface area contributed by atoms with Crippen molar-refractivity contribution in [1.82, 2.24) is 4.98 Å². The zero-order chi connectivity index (χ0) is 9.26. The van der Waals surface area contributed by atoms with Gasteiger partial charge >= 0.3 is 6.08 Å². The van der Waals surface area contributed by atoms with Crippen molar-refractivity contribution in [3.63, 3.8) is 0 Å². The number of aromatic nitrogens is 1. The molecule has 13 heavy (non-hydrogen) atoms. The van der Waals surface area contributed by atoms with E-state index in [1.807, 2.05) is 38.1 Å². The van der Waals surface area contributed by atoms with Gasteiger partial charge in [-0.05, 0) is 26.0 Å². The number of nitrogens with zero attached hydrogens (tertiary/aromatic N) is 1. The van der Waals surface area contributed by atoms with Crippen LogP contribution in [-0.2, 0) is 0 Å². The van der Waals surface area contributed by atoms with E-state index in [1.165, 1.54) is 0 Å². The van der Waals surface area contributed by atoms with Crippen molar-refractivity contribution in [2.24, 2.45) is 0 Å². The standard InChI is InChI=1S/C10H11NO2/c1-7(2)12-10-11-8-5-3-4-6-9(8)13-10/h3-7H,1-2H3. The summed E-state index contributed by atoms with van der Waals surface area (Å²) in [5.41, 5.74) is 1.59. The molecule has 2 aromatic rings. The Labute approximate surface area is 76.3 Å². The largest absolute Gasteiger partial charge is 0.447 e. The molecule has 2 rings (SSSR count). The summed E-state index contributed by atoms with van der Waals surface area (Å²) in [4.78, 5) is 4.16. The fourth-order valence-corrected chi connectivity index (χ4v) is 1.10. The molecule has 0 N–H and O–H groups in total. The number of oxazole rings is 1. The van der Waals surface area contributed by atoms with Gasteiger partial charge in [-0.15, -0.1) is 0 Å². The van der Waals surface area contributed by atoms with E-state index >= 15 is 0 Å². The van der Waals surface area contributed by atoms with Crippen molar-refractivity contribution in [3.8, 4) is 6.08 Å². The molecule has 0 aliphatic rings. The van der Waals surface area contributed by atoms with Gasteiger partial charge < -0.3 is 9.15 Å². The average molecular weight is 177 g/mol. The average Bonchev–Trinajstić information content (AvgIpc) is 2.44. The van der Waals surface area contributed by atoms with Gasteiger partial charge in [-0.25, -0.2) is 0 Å². The quantitative estimate of drug-likeness (QED) is 0.707. The molecule has 1 heterocycles. The minimum Gasteiger partial charge on any atom is -0.447 e. The lowest BCUT2D eigenvalue weighted by Crippen LogP contribution is -2.05. The molecule has 68 valence electrons. The van der Waals surface area contributed by atoms with Crippen LogP contribution in [0.15, 0.2) is 28.7 Å². The number of benzene rings is 1. The predicted molar refractivity (Wildman–Crippen MR) is 49.8 cm³/mol. The topological polar surface area (TPSA) is 35.3 Å². The van der Waals surface area contributed by atoms with Crippen LogP contribution in [0.4, 0.5) is 0 Å². The van der Waals surface area contributed by atoms with Gasteiger partial charge in [0, 0.05) is 0 Å². The van der Waals surface area contributed by atoms with Crippen molar-refractivity contribution in [2.45, 2.75) is 20.0 Å². The molecule has 0 aliphatic carbocycles. The zero-order valence-corrected chi connectivity index (χ0v) is 7.65. The second-order valence-electron chi connectivity index (χ2n) is 3.11. The Morgan fingerprint density at radius 3 is 2.77 bits per heavy atom. The molecule has 3 nitrogen and oxygen atoms in total. The maximum Gasteiger partial charge on any atom is 0.394 e. The number of hydrogen-bond acceptors (Lipinski definition) is 3. The highest BCUT2D eigenvalue weighted by Gasteiger charge is 2.06. The van der Waals surface area contributed by atoms with E-state index < -0.39 is 0 Å². The summed E-state index contributed by atoms with van der Waals surface area (Å²) in [5, 5.41) is 0. The Morgan fingerprint density at radius 2 is 2.08 bits per heavy atom. The lowest BCUT2D eigenvalue weighted by atomic mass is 10.3. The first-order valence-electron chi connectivity index (χ1n) is 4.28. The SMILES string of the molecule is CC(C)Oc1nc2ccccc2o1. The summed E-state index contributed by atoms with van der Waals surface area (Å²) in [6.07, 6.45) is 0.435. The van der Waals surface area contributed by atoms with Crippen LogP contribution in [0.5, 0.6) is 6.08 Å². The van der Waals surface area contributed by atoms with E-state index in [1.54, 1.807) is 0 Å². The smallest absolute Gasteiger partial charge is 0.394 e. The first-order chi connectivity index (χ1) is 6.25. The lowest BCUT2D eigenvalue weighted by Gasteiger charge is -2.02. The summed E-state index contributed by atoms with van der Waals surface area (Å²) in [6.45, 7) is 3.88. The minimum atomic E-state index is 0.0908. The minimum absolute atomic E-state index is 0.0908. The Morgan fingerprint density at radius 1 is 1.31 bits per heavy atom. The number of rotatable bonds is 2. The number of hydrogen-bond donors (Lipinski definition) is 0. The molecule has 0 atom stereocenters. The maximum absolute atomic E-state index is 5.35. The van der Waals surface area contributed by atoms with Gasteiger partial charge in [0.15, 0.2) is 5.58 Å². The van der Waals surface area contributed by atoms with Crippen LogP contribution in [0.2, 0.25) is 0 Å². The molecule has 0 radical (unpaired) electrons. The summed E-state index contributed by atoms with van der Waals surface area (Å²) >= 11 is 0. The van der Waals surface area contributed by atoms with Crippen molar-refractivity contribution in [3.05, 3.63) is 24.3 Å². The second-order valence-corrected chi connectivity index (χ2v) is 3.11. The van der Waals surface area contributed by atoms with Crippen molar-refractivity contribution < 1.29 is 9.15 Å². The van der Waals surface area contributed by atoms with E-state index in [4.69, 9.17) is 9.15 Å². The normalized spacial score (nSPS) is 11.0. The van der Waals surface area contributed by atoms with Crippen LogP contribution in [0.3, 0.4) is 0 Å². The van der Waals surface area contributed by atoms with Crippen molar-refractivity contribution in [1.29, 1.82) is 0 Å². The molecule has 1 aromatic heterocycles. The molecule has 0 fully saturated rings. The van der Waals surface area contributed by atoms with E-state index in [9.17, 15) is 0 Å². The first-order valence-corrected chi connectivity index (χ1v) is 4.28. The van der Waals surface area contributed by atoms with Gasteiger partial charge in [-0.1, -0.05) is 12.1 Å². The van der Waals surface area contributed by atoms with E-state index in [2.05, 4.69) is 4.98 Å². The molecule has 0 saturated carbocycles. The Bertz CT molecular complexity index is 373. The first kappa shape index (κ1) is 8.10. The van der Waals surface area contributed by atoms with Crippen LogP contribution < -0.4 is 4.74 Å². The van der Waals surface area contributed by atoms with Crippen LogP contribution in [0.25, 0.3) is 11.1 Å². The number of para-hydroxylation sites is 2. The van der Waals surface area contributed by atoms with Crippen LogP contribution in [-0.4, -0.2) is 11.1 Å². The Kier molecular flexibility index (Phi) is 1.93. The Balaban J connectivity index is 2.38. The molecule has 0 saturated heterocycles. The third-order valence-electron chi connectivity index (χ3n) is 1.61. The van der Waals surface area contributed by atoms with Crippen LogP contribution in [0, 0.1) is 0 Å². The maximum atomic E-state index is 5.35. The van der Waals surface area contributed by atoms with Gasteiger partial charge in [0.1, 0.15) is 5.52 Å². The summed E-state index contributed by atoms with van der Waals surface area (Å²) in [6, 6.07) is 7.60. The fraction of sp³-hybridized carbons (Fsp3) is 0.300. The highest BCUT2D eigenvalue weighted by Crippen LogP contribution is 2.20. The zero-order valence-electron chi connectivity index (χ0n) is 7.65. The molecule has 0 amide bonds. The molecule has 1 aromatic carbocycles. The van der Waals surface area contributed by atoms with Gasteiger partial charge in [-0.2, -0.15) is 4.98 Å². The summed E-state index contributed by atoms with van der Waals surface area (Å²) < 4.78 is 10.7. The van der Waals surface area contributed by atoms with Crippen molar-refractivity contribution in [2.75, 3.05) is 0 Å².